The van der Waals surface area contributed by atoms with E-state index in [1.54, 1.807) is 0 Å². The van der Waals surface area contributed by atoms with E-state index in [1.807, 2.05) is 11.7 Å². The number of hydrogen-bond donors (Lipinski definition) is 1. The number of benzene rings is 1. The van der Waals surface area contributed by atoms with Crippen LogP contribution in [0.25, 0.3) is 0 Å². The molecule has 1 N–H and O–H groups in total. The highest BCUT2D eigenvalue weighted by Gasteiger charge is 2.25. The first kappa shape index (κ1) is 14.1. The number of ether oxygens (including phenoxy) is 1. The van der Waals surface area contributed by atoms with Gasteiger partial charge in [-0.3, -0.25) is 4.68 Å². The van der Waals surface area contributed by atoms with Crippen LogP contribution >= 0.6 is 0 Å². The Morgan fingerprint density at radius 1 is 1.38 bits per heavy atom. The number of para-hydroxylation sites is 1. The predicted molar refractivity (Wildman–Crippen MR) is 83.7 cm³/mol. The number of aryl methyl sites for hydroxylation is 2. The Bertz CT molecular complexity index is 633. The maximum atomic E-state index is 5.89. The lowest BCUT2D eigenvalue weighted by Gasteiger charge is -2.21. The molecule has 112 valence electrons. The summed E-state index contributed by atoms with van der Waals surface area (Å²) in [6.45, 7) is 6.02. The zero-order chi connectivity index (χ0) is 14.8. The monoisotopic (exact) mass is 285 g/mol. The highest BCUT2D eigenvalue weighted by Crippen LogP contribution is 2.36. The zero-order valence-electron chi connectivity index (χ0n) is 13.0. The molecule has 1 aliphatic heterocycles. The average Bonchev–Trinajstić information content (AvgIpc) is 3.06. The van der Waals surface area contributed by atoms with Gasteiger partial charge in [-0.2, -0.15) is 5.10 Å². The number of rotatable bonds is 5. The van der Waals surface area contributed by atoms with Crippen molar-refractivity contribution in [3.05, 3.63) is 46.8 Å². The number of fused-ring (bicyclic) bond motifs is 1. The molecular weight excluding hydrogens is 262 g/mol. The Morgan fingerprint density at radius 2 is 2.24 bits per heavy atom. The van der Waals surface area contributed by atoms with Gasteiger partial charge in [-0.15, -0.1) is 0 Å². The second-order valence-electron chi connectivity index (χ2n) is 5.66. The first-order valence-corrected chi connectivity index (χ1v) is 7.68. The fraction of sp³-hybridized carbons (Fsp3) is 0.471. The topological polar surface area (TPSA) is 39.1 Å². The van der Waals surface area contributed by atoms with Crippen molar-refractivity contribution in [1.82, 2.24) is 15.1 Å². The van der Waals surface area contributed by atoms with Crippen molar-refractivity contribution in [2.45, 2.75) is 32.7 Å². The van der Waals surface area contributed by atoms with Crippen molar-refractivity contribution < 1.29 is 4.74 Å². The lowest BCUT2D eigenvalue weighted by molar-refractivity contribution is 0.350. The highest BCUT2D eigenvalue weighted by atomic mass is 16.5. The Morgan fingerprint density at radius 3 is 2.95 bits per heavy atom. The van der Waals surface area contributed by atoms with Gasteiger partial charge in [0.2, 0.25) is 0 Å². The molecule has 1 atom stereocenters. The summed E-state index contributed by atoms with van der Waals surface area (Å²) in [7, 11) is 1.97. The molecule has 0 saturated carbocycles. The molecule has 0 amide bonds. The van der Waals surface area contributed by atoms with Gasteiger partial charge in [-0.25, -0.2) is 0 Å². The lowest BCUT2D eigenvalue weighted by atomic mass is 9.96. The van der Waals surface area contributed by atoms with Crippen molar-refractivity contribution in [3.8, 4) is 5.75 Å². The maximum Gasteiger partial charge on any atom is 0.127 e. The fourth-order valence-electron chi connectivity index (χ4n) is 3.05. The van der Waals surface area contributed by atoms with Crippen LogP contribution in [0.3, 0.4) is 0 Å². The van der Waals surface area contributed by atoms with Crippen LogP contribution in [0.5, 0.6) is 5.75 Å². The molecule has 2 aromatic rings. The van der Waals surface area contributed by atoms with Gasteiger partial charge in [0.1, 0.15) is 5.75 Å². The quantitative estimate of drug-likeness (QED) is 0.918. The highest BCUT2D eigenvalue weighted by molar-refractivity contribution is 5.49. The smallest absolute Gasteiger partial charge is 0.127 e. The van der Waals surface area contributed by atoms with Crippen LogP contribution < -0.4 is 10.1 Å². The fourth-order valence-corrected chi connectivity index (χ4v) is 3.05. The number of hydrogen-bond acceptors (Lipinski definition) is 3. The van der Waals surface area contributed by atoms with Crippen molar-refractivity contribution in [2.75, 3.05) is 13.2 Å². The van der Waals surface area contributed by atoms with Crippen LogP contribution in [0.15, 0.2) is 24.4 Å². The average molecular weight is 285 g/mol. The Labute approximate surface area is 126 Å². The third-order valence-corrected chi connectivity index (χ3v) is 4.02. The molecule has 4 nitrogen and oxygen atoms in total. The van der Waals surface area contributed by atoms with Gasteiger partial charge in [-0.05, 0) is 25.5 Å². The minimum absolute atomic E-state index is 0.145. The maximum absolute atomic E-state index is 5.89. The molecule has 0 saturated heterocycles. The summed E-state index contributed by atoms with van der Waals surface area (Å²) < 4.78 is 7.78. The molecule has 1 aromatic heterocycles. The first-order chi connectivity index (χ1) is 10.2. The minimum Gasteiger partial charge on any atom is -0.493 e. The summed E-state index contributed by atoms with van der Waals surface area (Å²) >= 11 is 0. The minimum atomic E-state index is 0.145. The van der Waals surface area contributed by atoms with Crippen LogP contribution in [0.1, 0.15) is 41.8 Å². The third-order valence-electron chi connectivity index (χ3n) is 4.02. The molecule has 21 heavy (non-hydrogen) atoms. The second kappa shape index (κ2) is 5.90. The van der Waals surface area contributed by atoms with E-state index in [9.17, 15) is 0 Å². The summed E-state index contributed by atoms with van der Waals surface area (Å²) in [5, 5.41) is 8.15. The second-order valence-corrected chi connectivity index (χ2v) is 5.66. The Kier molecular flexibility index (Phi) is 3.97. The normalized spacial score (nSPS) is 14.8. The van der Waals surface area contributed by atoms with E-state index in [-0.39, 0.29) is 6.04 Å². The molecule has 1 aromatic carbocycles. The number of nitrogens with zero attached hydrogens (tertiary/aromatic N) is 2. The molecule has 0 bridgehead atoms. The van der Waals surface area contributed by atoms with Gasteiger partial charge in [0.05, 0.1) is 18.3 Å². The lowest BCUT2D eigenvalue weighted by Crippen LogP contribution is -2.24. The van der Waals surface area contributed by atoms with Gasteiger partial charge < -0.3 is 10.1 Å². The molecule has 1 unspecified atom stereocenters. The molecule has 0 aliphatic carbocycles. The number of aromatic nitrogens is 2. The summed E-state index contributed by atoms with van der Waals surface area (Å²) in [6.07, 6.45) is 4.22. The van der Waals surface area contributed by atoms with E-state index < -0.39 is 0 Å². The molecule has 0 radical (unpaired) electrons. The van der Waals surface area contributed by atoms with Crippen LogP contribution in [-0.2, 0) is 13.5 Å². The molecule has 1 aliphatic rings. The summed E-state index contributed by atoms with van der Waals surface area (Å²) in [5.41, 5.74) is 4.85. The van der Waals surface area contributed by atoms with E-state index in [2.05, 4.69) is 48.7 Å². The number of nitrogens with one attached hydrogen (secondary N) is 1. The van der Waals surface area contributed by atoms with E-state index in [0.29, 0.717) is 0 Å². The SMILES string of the molecule is CCCNC(c1cn(C)nc1C)c1cccc2c1OCC2. The van der Waals surface area contributed by atoms with Crippen LogP contribution in [0.2, 0.25) is 0 Å². The van der Waals surface area contributed by atoms with Crippen molar-refractivity contribution >= 4 is 0 Å². The van der Waals surface area contributed by atoms with E-state index >= 15 is 0 Å². The molecule has 0 spiro atoms. The molecule has 0 fully saturated rings. The van der Waals surface area contributed by atoms with E-state index in [4.69, 9.17) is 4.74 Å². The van der Waals surface area contributed by atoms with Gasteiger partial charge in [0, 0.05) is 30.8 Å². The first-order valence-electron chi connectivity index (χ1n) is 7.68. The summed E-state index contributed by atoms with van der Waals surface area (Å²) in [6, 6.07) is 6.62. The predicted octanol–water partition coefficient (Wildman–Crippen LogP) is 2.75. The molecular formula is C17H23N3O. The van der Waals surface area contributed by atoms with Gasteiger partial charge in [-0.1, -0.05) is 25.1 Å². The van der Waals surface area contributed by atoms with E-state index in [0.717, 1.165) is 37.4 Å². The van der Waals surface area contributed by atoms with Crippen molar-refractivity contribution in [1.29, 1.82) is 0 Å². The third kappa shape index (κ3) is 2.68. The standard InChI is InChI=1S/C17H23N3O/c1-4-9-18-16(15-11-20(3)19-12(15)2)14-7-5-6-13-8-10-21-17(13)14/h5-7,11,16,18H,4,8-10H2,1-3H3. The summed E-state index contributed by atoms with van der Waals surface area (Å²) in [4.78, 5) is 0. The Hall–Kier alpha value is -1.81. The zero-order valence-corrected chi connectivity index (χ0v) is 13.0. The van der Waals surface area contributed by atoms with Gasteiger partial charge in [0.15, 0.2) is 0 Å². The van der Waals surface area contributed by atoms with Gasteiger partial charge in [0.25, 0.3) is 0 Å². The molecule has 2 heterocycles. The molecule has 3 rings (SSSR count). The molecule has 4 heteroatoms. The van der Waals surface area contributed by atoms with Crippen LogP contribution in [0, 0.1) is 6.92 Å². The summed E-state index contributed by atoms with van der Waals surface area (Å²) in [5.74, 6) is 1.06. The largest absolute Gasteiger partial charge is 0.493 e. The van der Waals surface area contributed by atoms with Gasteiger partial charge >= 0.3 is 0 Å². The van der Waals surface area contributed by atoms with Crippen molar-refractivity contribution in [2.24, 2.45) is 7.05 Å². The Balaban J connectivity index is 2.04. The van der Waals surface area contributed by atoms with Crippen molar-refractivity contribution in [3.63, 3.8) is 0 Å². The van der Waals surface area contributed by atoms with E-state index in [1.165, 1.54) is 16.7 Å². The van der Waals surface area contributed by atoms with Crippen LogP contribution in [0.4, 0.5) is 0 Å². The van der Waals surface area contributed by atoms with Crippen LogP contribution in [-0.4, -0.2) is 22.9 Å².